The predicted octanol–water partition coefficient (Wildman–Crippen LogP) is 2.50. The van der Waals surface area contributed by atoms with Crippen LogP contribution in [0.4, 0.5) is 5.69 Å². The first-order valence-electron chi connectivity index (χ1n) is 7.75. The number of pyridine rings is 1. The van der Waals surface area contributed by atoms with Gasteiger partial charge >= 0.3 is 0 Å². The Labute approximate surface area is 135 Å². The minimum Gasteiger partial charge on any atom is -0.321 e. The van der Waals surface area contributed by atoms with Gasteiger partial charge in [-0.3, -0.25) is 19.5 Å². The standard InChI is InChI=1S/C18H19N3O2/c22-17-7-10-21(11-8-17)13-14-3-5-15(6-4-14)18(23)20-16-2-1-9-19-12-16/h1-6,9,12H,7-8,10-11,13H2,(H,20,23). The summed E-state index contributed by atoms with van der Waals surface area (Å²) in [6.07, 6.45) is 4.57. The number of hydrogen-bond acceptors (Lipinski definition) is 4. The number of carbonyl (C=O) groups excluding carboxylic acids is 2. The largest absolute Gasteiger partial charge is 0.321 e. The van der Waals surface area contributed by atoms with Crippen LogP contribution in [0.15, 0.2) is 48.8 Å². The summed E-state index contributed by atoms with van der Waals surface area (Å²) >= 11 is 0. The third-order valence-corrected chi connectivity index (χ3v) is 3.96. The first kappa shape index (κ1) is 15.4. The smallest absolute Gasteiger partial charge is 0.255 e. The topological polar surface area (TPSA) is 62.3 Å². The zero-order valence-corrected chi connectivity index (χ0v) is 12.9. The van der Waals surface area contributed by atoms with Crippen LogP contribution in [0.1, 0.15) is 28.8 Å². The molecule has 0 atom stereocenters. The van der Waals surface area contributed by atoms with Gasteiger partial charge in [0, 0.05) is 44.2 Å². The second-order valence-corrected chi connectivity index (χ2v) is 5.71. The fraction of sp³-hybridized carbons (Fsp3) is 0.278. The van der Waals surface area contributed by atoms with Crippen LogP contribution in [0.5, 0.6) is 0 Å². The van der Waals surface area contributed by atoms with Crippen molar-refractivity contribution in [3.05, 3.63) is 59.9 Å². The Morgan fingerprint density at radius 1 is 1.13 bits per heavy atom. The van der Waals surface area contributed by atoms with Gasteiger partial charge in [-0.2, -0.15) is 0 Å². The molecule has 1 fully saturated rings. The predicted molar refractivity (Wildman–Crippen MR) is 88.2 cm³/mol. The Kier molecular flexibility index (Phi) is 4.78. The summed E-state index contributed by atoms with van der Waals surface area (Å²) in [7, 11) is 0. The van der Waals surface area contributed by atoms with Crippen molar-refractivity contribution in [3.63, 3.8) is 0 Å². The van der Waals surface area contributed by atoms with Crippen molar-refractivity contribution in [1.29, 1.82) is 0 Å². The third-order valence-electron chi connectivity index (χ3n) is 3.96. The lowest BCUT2D eigenvalue weighted by Crippen LogP contribution is -2.33. The van der Waals surface area contributed by atoms with Crippen molar-refractivity contribution < 1.29 is 9.59 Å². The van der Waals surface area contributed by atoms with Crippen LogP contribution < -0.4 is 5.32 Å². The molecule has 1 amide bonds. The van der Waals surface area contributed by atoms with E-state index in [0.29, 0.717) is 29.9 Å². The summed E-state index contributed by atoms with van der Waals surface area (Å²) in [6, 6.07) is 11.2. The minimum atomic E-state index is -0.145. The highest BCUT2D eigenvalue weighted by Gasteiger charge is 2.16. The molecule has 3 rings (SSSR count). The average molecular weight is 309 g/mol. The van der Waals surface area contributed by atoms with Crippen LogP contribution in [0.3, 0.4) is 0 Å². The molecule has 118 valence electrons. The highest BCUT2D eigenvalue weighted by atomic mass is 16.1. The number of nitrogens with one attached hydrogen (secondary N) is 1. The van der Waals surface area contributed by atoms with Gasteiger partial charge in [-0.05, 0) is 29.8 Å². The summed E-state index contributed by atoms with van der Waals surface area (Å²) in [5, 5.41) is 2.81. The fourth-order valence-corrected chi connectivity index (χ4v) is 2.62. The molecule has 1 aliphatic rings. The average Bonchev–Trinajstić information content (AvgIpc) is 2.58. The fourth-order valence-electron chi connectivity index (χ4n) is 2.62. The van der Waals surface area contributed by atoms with E-state index in [-0.39, 0.29) is 5.91 Å². The Balaban J connectivity index is 1.58. The minimum absolute atomic E-state index is 0.145. The van der Waals surface area contributed by atoms with Gasteiger partial charge in [-0.25, -0.2) is 0 Å². The molecule has 1 aromatic heterocycles. The first-order chi connectivity index (χ1) is 11.2. The van der Waals surface area contributed by atoms with E-state index < -0.39 is 0 Å². The highest BCUT2D eigenvalue weighted by Crippen LogP contribution is 2.13. The summed E-state index contributed by atoms with van der Waals surface area (Å²) in [5.41, 5.74) is 2.45. The molecule has 1 saturated heterocycles. The Morgan fingerprint density at radius 2 is 1.87 bits per heavy atom. The van der Waals surface area contributed by atoms with Crippen molar-refractivity contribution >= 4 is 17.4 Å². The molecule has 1 aliphatic heterocycles. The third kappa shape index (κ3) is 4.23. The van der Waals surface area contributed by atoms with Crippen molar-refractivity contribution in [3.8, 4) is 0 Å². The summed E-state index contributed by atoms with van der Waals surface area (Å²) in [5.74, 6) is 0.205. The second kappa shape index (κ2) is 7.15. The van der Waals surface area contributed by atoms with E-state index in [1.165, 1.54) is 0 Å². The molecule has 0 spiro atoms. The van der Waals surface area contributed by atoms with Crippen molar-refractivity contribution in [2.45, 2.75) is 19.4 Å². The molecule has 5 heteroatoms. The number of hydrogen-bond donors (Lipinski definition) is 1. The molecule has 0 unspecified atom stereocenters. The summed E-state index contributed by atoms with van der Waals surface area (Å²) in [6.45, 7) is 2.46. The molecule has 0 radical (unpaired) electrons. The number of rotatable bonds is 4. The number of aromatic nitrogens is 1. The summed E-state index contributed by atoms with van der Waals surface area (Å²) in [4.78, 5) is 29.7. The molecule has 1 N–H and O–H groups in total. The number of carbonyl (C=O) groups is 2. The normalized spacial score (nSPS) is 15.4. The number of ketones is 1. The number of Topliss-reactive ketones (excluding diaryl/α,β-unsaturated/α-hetero) is 1. The lowest BCUT2D eigenvalue weighted by molar-refractivity contribution is -0.121. The van der Waals surface area contributed by atoms with E-state index >= 15 is 0 Å². The zero-order chi connectivity index (χ0) is 16.1. The number of likely N-dealkylation sites (tertiary alicyclic amines) is 1. The number of nitrogens with zero attached hydrogens (tertiary/aromatic N) is 2. The molecule has 1 aromatic carbocycles. The van der Waals surface area contributed by atoms with Gasteiger partial charge in [0.25, 0.3) is 5.91 Å². The maximum atomic E-state index is 12.2. The maximum absolute atomic E-state index is 12.2. The van der Waals surface area contributed by atoms with E-state index in [1.807, 2.05) is 24.3 Å². The Hall–Kier alpha value is -2.53. The monoisotopic (exact) mass is 309 g/mol. The highest BCUT2D eigenvalue weighted by molar-refractivity contribution is 6.04. The van der Waals surface area contributed by atoms with Gasteiger partial charge in [0.15, 0.2) is 0 Å². The van der Waals surface area contributed by atoms with Crippen LogP contribution in [0, 0.1) is 0 Å². The lowest BCUT2D eigenvalue weighted by atomic mass is 10.1. The molecule has 0 bridgehead atoms. The molecular formula is C18H19N3O2. The van der Waals surface area contributed by atoms with Gasteiger partial charge < -0.3 is 5.32 Å². The summed E-state index contributed by atoms with van der Waals surface area (Å²) < 4.78 is 0. The Bertz CT molecular complexity index is 673. The van der Waals surface area contributed by atoms with Gasteiger partial charge in [-0.15, -0.1) is 0 Å². The van der Waals surface area contributed by atoms with Crippen LogP contribution in [-0.2, 0) is 11.3 Å². The van der Waals surface area contributed by atoms with E-state index in [1.54, 1.807) is 24.5 Å². The van der Waals surface area contributed by atoms with Crippen molar-refractivity contribution in [1.82, 2.24) is 9.88 Å². The van der Waals surface area contributed by atoms with Gasteiger partial charge in [-0.1, -0.05) is 12.1 Å². The molecular weight excluding hydrogens is 290 g/mol. The molecule has 23 heavy (non-hydrogen) atoms. The SMILES string of the molecule is O=C1CCN(Cc2ccc(C(=O)Nc3cccnc3)cc2)CC1. The molecule has 2 heterocycles. The molecule has 0 saturated carbocycles. The quantitative estimate of drug-likeness (QED) is 0.942. The maximum Gasteiger partial charge on any atom is 0.255 e. The Morgan fingerprint density at radius 3 is 2.52 bits per heavy atom. The van der Waals surface area contributed by atoms with E-state index in [0.717, 1.165) is 25.2 Å². The lowest BCUT2D eigenvalue weighted by Gasteiger charge is -2.25. The molecule has 0 aliphatic carbocycles. The number of benzene rings is 1. The van der Waals surface area contributed by atoms with Crippen LogP contribution in [0.2, 0.25) is 0 Å². The van der Waals surface area contributed by atoms with Gasteiger partial charge in [0.2, 0.25) is 0 Å². The second-order valence-electron chi connectivity index (χ2n) is 5.71. The van der Waals surface area contributed by atoms with Gasteiger partial charge in [0.05, 0.1) is 11.9 Å². The molecule has 2 aromatic rings. The number of anilines is 1. The van der Waals surface area contributed by atoms with E-state index in [2.05, 4.69) is 15.2 Å². The zero-order valence-electron chi connectivity index (χ0n) is 12.9. The number of amides is 1. The number of piperidine rings is 1. The van der Waals surface area contributed by atoms with E-state index in [9.17, 15) is 9.59 Å². The first-order valence-corrected chi connectivity index (χ1v) is 7.75. The van der Waals surface area contributed by atoms with E-state index in [4.69, 9.17) is 0 Å². The van der Waals surface area contributed by atoms with Crippen LogP contribution >= 0.6 is 0 Å². The van der Waals surface area contributed by atoms with Gasteiger partial charge in [0.1, 0.15) is 5.78 Å². The van der Waals surface area contributed by atoms with Crippen LogP contribution in [-0.4, -0.2) is 34.7 Å². The molecule has 5 nitrogen and oxygen atoms in total. The van der Waals surface area contributed by atoms with Crippen molar-refractivity contribution in [2.24, 2.45) is 0 Å². The van der Waals surface area contributed by atoms with Crippen molar-refractivity contribution in [2.75, 3.05) is 18.4 Å². The van der Waals surface area contributed by atoms with Crippen LogP contribution in [0.25, 0.3) is 0 Å².